The summed E-state index contributed by atoms with van der Waals surface area (Å²) in [6.07, 6.45) is 0.718. The Labute approximate surface area is 172 Å². The van der Waals surface area contributed by atoms with E-state index < -0.39 is 5.60 Å². The van der Waals surface area contributed by atoms with Gasteiger partial charge in [0.05, 0.1) is 5.02 Å². The number of carbonyl (C=O) groups excluding carboxylic acids is 1. The van der Waals surface area contributed by atoms with Gasteiger partial charge >= 0.3 is 5.97 Å². The summed E-state index contributed by atoms with van der Waals surface area (Å²) in [5.41, 5.74) is 0.813. The number of halogens is 2. The molecule has 27 heavy (non-hydrogen) atoms. The van der Waals surface area contributed by atoms with E-state index in [1.54, 1.807) is 25.1 Å². The van der Waals surface area contributed by atoms with Crippen molar-refractivity contribution in [3.63, 3.8) is 0 Å². The van der Waals surface area contributed by atoms with E-state index in [0.29, 0.717) is 28.6 Å². The van der Waals surface area contributed by atoms with E-state index in [9.17, 15) is 4.79 Å². The minimum Gasteiger partial charge on any atom is -0.486 e. The van der Waals surface area contributed by atoms with Gasteiger partial charge in [-0.25, -0.2) is 0 Å². The van der Waals surface area contributed by atoms with Crippen LogP contribution >= 0.6 is 23.2 Å². The lowest BCUT2D eigenvalue weighted by Gasteiger charge is -2.29. The zero-order chi connectivity index (χ0) is 20.4. The Bertz CT molecular complexity index is 715. The molecule has 0 saturated heterocycles. The van der Waals surface area contributed by atoms with Crippen molar-refractivity contribution in [2.45, 2.75) is 59.2 Å². The fraction of sp³-hybridized carbons (Fsp3) is 0.409. The topological polar surface area (TPSA) is 35.5 Å². The number of ether oxygens (including phenoxy) is 2. The van der Waals surface area contributed by atoms with Gasteiger partial charge in [-0.2, -0.15) is 0 Å². The van der Waals surface area contributed by atoms with Crippen molar-refractivity contribution < 1.29 is 14.3 Å². The van der Waals surface area contributed by atoms with Crippen LogP contribution in [-0.2, 0) is 9.53 Å². The molecule has 0 aromatic heterocycles. The average Bonchev–Trinajstić information content (AvgIpc) is 2.58. The van der Waals surface area contributed by atoms with Crippen molar-refractivity contribution in [3.05, 3.63) is 64.1 Å². The Kier molecular flexibility index (Phi) is 9.68. The molecule has 1 unspecified atom stereocenters. The molecule has 0 aliphatic rings. The lowest BCUT2D eigenvalue weighted by atomic mass is 10.0. The van der Waals surface area contributed by atoms with Crippen molar-refractivity contribution >= 4 is 29.2 Å². The first-order valence-electron chi connectivity index (χ1n) is 8.98. The summed E-state index contributed by atoms with van der Waals surface area (Å²) in [6, 6.07) is 15.3. The normalized spacial score (nSPS) is 11.8. The summed E-state index contributed by atoms with van der Waals surface area (Å²) in [7, 11) is 0. The van der Waals surface area contributed by atoms with Gasteiger partial charge in [0.15, 0.2) is 0 Å². The number of hydrogen-bond acceptors (Lipinski definition) is 3. The smallest absolute Gasteiger partial charge is 0.305 e. The van der Waals surface area contributed by atoms with Crippen molar-refractivity contribution in [2.75, 3.05) is 0 Å². The molecule has 0 aliphatic carbocycles. The van der Waals surface area contributed by atoms with Crippen LogP contribution in [0.3, 0.4) is 0 Å². The number of benzene rings is 2. The summed E-state index contributed by atoms with van der Waals surface area (Å²) in [5, 5.41) is 1.02. The van der Waals surface area contributed by atoms with Crippen molar-refractivity contribution in [3.8, 4) is 5.75 Å². The highest BCUT2D eigenvalue weighted by Gasteiger charge is 2.25. The van der Waals surface area contributed by atoms with Gasteiger partial charge in [-0.3, -0.25) is 4.79 Å². The van der Waals surface area contributed by atoms with Crippen LogP contribution in [0, 0.1) is 6.92 Å². The highest BCUT2D eigenvalue weighted by molar-refractivity contribution is 6.35. The summed E-state index contributed by atoms with van der Waals surface area (Å²) >= 11 is 11.9. The zero-order valence-corrected chi connectivity index (χ0v) is 18.1. The number of rotatable bonds is 6. The Balaban J connectivity index is 0.000000433. The quantitative estimate of drug-likeness (QED) is 0.486. The van der Waals surface area contributed by atoms with E-state index in [0.717, 1.165) is 0 Å². The van der Waals surface area contributed by atoms with Crippen LogP contribution in [0.4, 0.5) is 0 Å². The molecule has 0 radical (unpaired) electrons. The SMILES string of the molecule is CCC(=O)OC(C)CC(C)(C)Oc1ccc(Cl)cc1Cl.Cc1ccccc1. The fourth-order valence-electron chi connectivity index (χ4n) is 2.47. The van der Waals surface area contributed by atoms with E-state index in [2.05, 4.69) is 19.1 Å². The molecule has 0 heterocycles. The molecule has 0 N–H and O–H groups in total. The first-order valence-corrected chi connectivity index (χ1v) is 9.73. The Morgan fingerprint density at radius 1 is 1.11 bits per heavy atom. The molecule has 0 fully saturated rings. The maximum absolute atomic E-state index is 11.3. The summed E-state index contributed by atoms with van der Waals surface area (Å²) in [5.74, 6) is 0.355. The molecular weight excluding hydrogens is 383 g/mol. The van der Waals surface area contributed by atoms with E-state index in [1.807, 2.05) is 39.0 Å². The molecule has 0 bridgehead atoms. The van der Waals surface area contributed by atoms with Crippen molar-refractivity contribution in [1.82, 2.24) is 0 Å². The number of hydrogen-bond donors (Lipinski definition) is 0. The first kappa shape index (κ1) is 23.3. The second kappa shape index (κ2) is 11.2. The summed E-state index contributed by atoms with van der Waals surface area (Å²) < 4.78 is 11.1. The van der Waals surface area contributed by atoms with Gasteiger partial charge in [0.1, 0.15) is 17.5 Å². The standard InChI is InChI=1S/C15H20Cl2O3.C7H8/c1-5-14(18)19-10(2)9-15(3,4)20-13-7-6-11(16)8-12(13)17;1-7-5-3-2-4-6-7/h6-8,10H,5,9H2,1-4H3;2-6H,1H3. The van der Waals surface area contributed by atoms with E-state index in [-0.39, 0.29) is 12.1 Å². The third-order valence-corrected chi connectivity index (χ3v) is 4.15. The first-order chi connectivity index (χ1) is 12.6. The van der Waals surface area contributed by atoms with Gasteiger partial charge in [0, 0.05) is 17.9 Å². The minimum atomic E-state index is -0.509. The third kappa shape index (κ3) is 9.69. The van der Waals surface area contributed by atoms with Gasteiger partial charge in [0.25, 0.3) is 0 Å². The maximum atomic E-state index is 11.3. The van der Waals surface area contributed by atoms with Crippen LogP contribution in [0.1, 0.15) is 46.1 Å². The zero-order valence-electron chi connectivity index (χ0n) is 16.6. The van der Waals surface area contributed by atoms with Crippen LogP contribution in [0.2, 0.25) is 10.0 Å². The molecule has 0 spiro atoms. The molecule has 0 aliphatic heterocycles. The van der Waals surface area contributed by atoms with Gasteiger partial charge in [-0.05, 0) is 45.9 Å². The Morgan fingerprint density at radius 3 is 2.22 bits per heavy atom. The molecule has 2 aromatic rings. The van der Waals surface area contributed by atoms with Crippen LogP contribution in [0.15, 0.2) is 48.5 Å². The number of carbonyl (C=O) groups is 1. The Hall–Kier alpha value is -1.71. The Morgan fingerprint density at radius 2 is 1.74 bits per heavy atom. The van der Waals surface area contributed by atoms with Crippen LogP contribution in [-0.4, -0.2) is 17.7 Å². The number of aryl methyl sites for hydroxylation is 1. The molecule has 148 valence electrons. The van der Waals surface area contributed by atoms with E-state index >= 15 is 0 Å². The van der Waals surface area contributed by atoms with Crippen LogP contribution in [0.25, 0.3) is 0 Å². The summed E-state index contributed by atoms with van der Waals surface area (Å²) in [6.45, 7) is 9.55. The second-order valence-corrected chi connectivity index (χ2v) is 7.79. The molecule has 3 nitrogen and oxygen atoms in total. The lowest BCUT2D eigenvalue weighted by Crippen LogP contribution is -2.34. The van der Waals surface area contributed by atoms with Crippen molar-refractivity contribution in [1.29, 1.82) is 0 Å². The van der Waals surface area contributed by atoms with Gasteiger partial charge < -0.3 is 9.47 Å². The van der Waals surface area contributed by atoms with Crippen LogP contribution in [0.5, 0.6) is 5.75 Å². The fourth-order valence-corrected chi connectivity index (χ4v) is 2.92. The average molecular weight is 411 g/mol. The summed E-state index contributed by atoms with van der Waals surface area (Å²) in [4.78, 5) is 11.3. The molecule has 0 amide bonds. The highest BCUT2D eigenvalue weighted by atomic mass is 35.5. The molecule has 0 saturated carbocycles. The third-order valence-electron chi connectivity index (χ3n) is 3.62. The van der Waals surface area contributed by atoms with Crippen molar-refractivity contribution in [2.24, 2.45) is 0 Å². The molecule has 2 aromatic carbocycles. The molecule has 5 heteroatoms. The van der Waals surface area contributed by atoms with E-state index in [1.165, 1.54) is 5.56 Å². The van der Waals surface area contributed by atoms with Gasteiger partial charge in [-0.15, -0.1) is 0 Å². The highest BCUT2D eigenvalue weighted by Crippen LogP contribution is 2.32. The lowest BCUT2D eigenvalue weighted by molar-refractivity contribution is -0.149. The van der Waals surface area contributed by atoms with E-state index in [4.69, 9.17) is 32.7 Å². The second-order valence-electron chi connectivity index (χ2n) is 6.95. The number of esters is 1. The monoisotopic (exact) mass is 410 g/mol. The molecule has 1 atom stereocenters. The largest absolute Gasteiger partial charge is 0.486 e. The predicted molar refractivity (Wildman–Crippen MR) is 113 cm³/mol. The van der Waals surface area contributed by atoms with Gasteiger partial charge in [-0.1, -0.05) is 66.0 Å². The molecular formula is C22H28Cl2O3. The maximum Gasteiger partial charge on any atom is 0.305 e. The minimum absolute atomic E-state index is 0.210. The predicted octanol–water partition coefficient (Wildman–Crippen LogP) is 6.88. The van der Waals surface area contributed by atoms with Crippen LogP contribution < -0.4 is 4.74 Å². The molecule has 2 rings (SSSR count). The van der Waals surface area contributed by atoms with Gasteiger partial charge in [0.2, 0.25) is 0 Å².